The van der Waals surface area contributed by atoms with Gasteiger partial charge in [-0.05, 0) is 37.8 Å². The third-order valence-electron chi connectivity index (χ3n) is 4.01. The molecule has 0 fully saturated rings. The Kier molecular flexibility index (Phi) is 3.45. The fourth-order valence-corrected chi connectivity index (χ4v) is 2.73. The molecule has 0 spiro atoms. The number of para-hydroxylation sites is 1. The van der Waals surface area contributed by atoms with Crippen molar-refractivity contribution in [2.45, 2.75) is 45.2 Å². The molecule has 5 heteroatoms. The molecule has 0 saturated carbocycles. The van der Waals surface area contributed by atoms with E-state index in [9.17, 15) is 0 Å². The van der Waals surface area contributed by atoms with E-state index in [1.165, 1.54) is 11.3 Å². The molecule has 1 aromatic heterocycles. The normalized spacial score (nSPS) is 18.7. The Morgan fingerprint density at radius 2 is 2.14 bits per heavy atom. The first-order chi connectivity index (χ1) is 9.95. The van der Waals surface area contributed by atoms with Crippen molar-refractivity contribution in [2.75, 3.05) is 11.4 Å². The summed E-state index contributed by atoms with van der Waals surface area (Å²) in [4.78, 5) is 6.72. The first-order valence-electron chi connectivity index (χ1n) is 7.41. The molecule has 0 amide bonds. The highest BCUT2D eigenvalue weighted by Gasteiger charge is 2.25. The van der Waals surface area contributed by atoms with Gasteiger partial charge in [0.2, 0.25) is 5.89 Å². The van der Waals surface area contributed by atoms with Gasteiger partial charge in [0, 0.05) is 12.2 Å². The Labute approximate surface area is 125 Å². The molecule has 1 atom stereocenters. The van der Waals surface area contributed by atoms with Crippen LogP contribution >= 0.6 is 0 Å². The van der Waals surface area contributed by atoms with Crippen LogP contribution in [0.1, 0.15) is 50.4 Å². The van der Waals surface area contributed by atoms with Crippen molar-refractivity contribution in [1.29, 1.82) is 0 Å². The predicted octanol–water partition coefficient (Wildman–Crippen LogP) is 2.78. The Morgan fingerprint density at radius 1 is 1.38 bits per heavy atom. The van der Waals surface area contributed by atoms with E-state index < -0.39 is 5.54 Å². The van der Waals surface area contributed by atoms with Gasteiger partial charge in [-0.15, -0.1) is 0 Å². The Bertz CT molecular complexity index is 629. The molecule has 3 rings (SSSR count). The lowest BCUT2D eigenvalue weighted by molar-refractivity contribution is 0.357. The fourth-order valence-electron chi connectivity index (χ4n) is 2.73. The van der Waals surface area contributed by atoms with Crippen molar-refractivity contribution in [3.8, 4) is 0 Å². The van der Waals surface area contributed by atoms with Crippen LogP contribution in [0.4, 0.5) is 5.69 Å². The van der Waals surface area contributed by atoms with Crippen LogP contribution in [0.5, 0.6) is 0 Å². The topological polar surface area (TPSA) is 68.2 Å². The number of hydrogen-bond acceptors (Lipinski definition) is 5. The van der Waals surface area contributed by atoms with Gasteiger partial charge in [0.15, 0.2) is 5.82 Å². The number of anilines is 1. The highest BCUT2D eigenvalue weighted by Crippen LogP contribution is 2.35. The van der Waals surface area contributed by atoms with E-state index in [1.807, 2.05) is 13.8 Å². The molecule has 0 bridgehead atoms. The van der Waals surface area contributed by atoms with Crippen molar-refractivity contribution < 1.29 is 4.52 Å². The third kappa shape index (κ3) is 2.78. The monoisotopic (exact) mass is 286 g/mol. The molecular weight excluding hydrogens is 264 g/mol. The van der Waals surface area contributed by atoms with Gasteiger partial charge in [-0.25, -0.2) is 0 Å². The number of aromatic nitrogens is 2. The number of rotatable bonds is 3. The van der Waals surface area contributed by atoms with Crippen LogP contribution in [0.2, 0.25) is 0 Å². The van der Waals surface area contributed by atoms with Crippen LogP contribution in [0.15, 0.2) is 28.8 Å². The molecule has 2 heterocycles. The van der Waals surface area contributed by atoms with Crippen LogP contribution in [0.25, 0.3) is 0 Å². The molecule has 0 aliphatic carbocycles. The van der Waals surface area contributed by atoms with Crippen molar-refractivity contribution in [1.82, 2.24) is 10.1 Å². The van der Waals surface area contributed by atoms with E-state index in [4.69, 9.17) is 10.3 Å². The van der Waals surface area contributed by atoms with Gasteiger partial charge in [-0.1, -0.05) is 30.3 Å². The largest absolute Gasteiger partial charge is 0.362 e. The van der Waals surface area contributed by atoms with Gasteiger partial charge >= 0.3 is 0 Å². The number of hydrogen-bond donors (Lipinski definition) is 1. The number of nitrogens with zero attached hydrogens (tertiary/aromatic N) is 3. The predicted molar refractivity (Wildman–Crippen MR) is 82.0 cm³/mol. The van der Waals surface area contributed by atoms with Gasteiger partial charge in [0.05, 0.1) is 12.1 Å². The minimum atomic E-state index is -0.573. The molecule has 1 unspecified atom stereocenters. The summed E-state index contributed by atoms with van der Waals surface area (Å²) in [7, 11) is 0. The van der Waals surface area contributed by atoms with Gasteiger partial charge in [-0.3, -0.25) is 0 Å². The summed E-state index contributed by atoms with van der Waals surface area (Å²) in [5.41, 5.74) is 8.08. The van der Waals surface area contributed by atoms with Crippen LogP contribution in [0.3, 0.4) is 0 Å². The maximum atomic E-state index is 6.00. The van der Waals surface area contributed by atoms with Crippen LogP contribution in [-0.4, -0.2) is 16.7 Å². The molecule has 0 radical (unpaired) electrons. The summed E-state index contributed by atoms with van der Waals surface area (Å²) in [5.74, 6) is 1.77. The maximum absolute atomic E-state index is 6.00. The van der Waals surface area contributed by atoms with E-state index in [0.717, 1.165) is 13.0 Å². The molecule has 112 valence electrons. The molecular formula is C16H22N4O. The molecule has 1 aliphatic heterocycles. The van der Waals surface area contributed by atoms with Gasteiger partial charge in [-0.2, -0.15) is 4.98 Å². The number of nitrogens with two attached hydrogens (primary N) is 1. The first-order valence-corrected chi connectivity index (χ1v) is 7.41. The van der Waals surface area contributed by atoms with Crippen LogP contribution in [0, 0.1) is 0 Å². The number of fused-ring (bicyclic) bond motifs is 1. The minimum Gasteiger partial charge on any atom is -0.362 e. The first kappa shape index (κ1) is 14.1. The molecule has 0 saturated heterocycles. The Balaban J connectivity index is 1.83. The summed E-state index contributed by atoms with van der Waals surface area (Å²) in [6.45, 7) is 7.66. The summed E-state index contributed by atoms with van der Waals surface area (Å²) in [5, 5.41) is 3.99. The maximum Gasteiger partial charge on any atom is 0.246 e. The zero-order chi connectivity index (χ0) is 15.0. The second kappa shape index (κ2) is 5.15. The quantitative estimate of drug-likeness (QED) is 0.939. The van der Waals surface area contributed by atoms with Crippen molar-refractivity contribution in [3.05, 3.63) is 41.5 Å². The average Bonchev–Trinajstić information content (AvgIpc) is 2.91. The number of benzene rings is 1. The molecule has 2 N–H and O–H groups in total. The second-order valence-corrected chi connectivity index (χ2v) is 6.40. The van der Waals surface area contributed by atoms with Crippen LogP contribution in [-0.2, 0) is 12.1 Å². The smallest absolute Gasteiger partial charge is 0.246 e. The summed E-state index contributed by atoms with van der Waals surface area (Å²) in [6.07, 6.45) is 1.14. The standard InChI is InChI=1S/C16H22N4O/c1-11-8-9-20(13-7-5-4-6-12(11)13)10-14-18-15(19-21-14)16(2,3)17/h4-7,11H,8-10,17H2,1-3H3. The SMILES string of the molecule is CC1CCN(Cc2nc(C(C)(C)N)no2)c2ccccc21. The molecule has 1 aromatic carbocycles. The van der Waals surface area contributed by atoms with E-state index in [0.29, 0.717) is 24.2 Å². The average molecular weight is 286 g/mol. The minimum absolute atomic E-state index is 0.552. The lowest BCUT2D eigenvalue weighted by atomic mass is 9.91. The van der Waals surface area contributed by atoms with E-state index in [1.54, 1.807) is 0 Å². The van der Waals surface area contributed by atoms with Crippen molar-refractivity contribution in [2.24, 2.45) is 5.73 Å². The lowest BCUT2D eigenvalue weighted by Gasteiger charge is -2.33. The third-order valence-corrected chi connectivity index (χ3v) is 4.01. The molecule has 1 aliphatic rings. The summed E-state index contributed by atoms with van der Waals surface area (Å²) >= 11 is 0. The molecule has 21 heavy (non-hydrogen) atoms. The van der Waals surface area contributed by atoms with Crippen LogP contribution < -0.4 is 10.6 Å². The van der Waals surface area contributed by atoms with Crippen molar-refractivity contribution >= 4 is 5.69 Å². The summed E-state index contributed by atoms with van der Waals surface area (Å²) < 4.78 is 5.35. The zero-order valence-electron chi connectivity index (χ0n) is 12.8. The van der Waals surface area contributed by atoms with Gasteiger partial charge in [0.25, 0.3) is 0 Å². The highest BCUT2D eigenvalue weighted by molar-refractivity contribution is 5.56. The van der Waals surface area contributed by atoms with E-state index in [-0.39, 0.29) is 0 Å². The van der Waals surface area contributed by atoms with E-state index >= 15 is 0 Å². The van der Waals surface area contributed by atoms with Gasteiger partial charge in [0.1, 0.15) is 0 Å². The second-order valence-electron chi connectivity index (χ2n) is 6.40. The van der Waals surface area contributed by atoms with Gasteiger partial charge < -0.3 is 15.2 Å². The zero-order valence-corrected chi connectivity index (χ0v) is 12.8. The highest BCUT2D eigenvalue weighted by atomic mass is 16.5. The van der Waals surface area contributed by atoms with Crippen molar-refractivity contribution in [3.63, 3.8) is 0 Å². The lowest BCUT2D eigenvalue weighted by Crippen LogP contribution is -2.31. The summed E-state index contributed by atoms with van der Waals surface area (Å²) in [6, 6.07) is 8.54. The molecule has 5 nitrogen and oxygen atoms in total. The Hall–Kier alpha value is -1.88. The van der Waals surface area contributed by atoms with E-state index in [2.05, 4.69) is 46.2 Å². The molecule has 2 aromatic rings. The Morgan fingerprint density at radius 3 is 2.86 bits per heavy atom. The fraction of sp³-hybridized carbons (Fsp3) is 0.500.